The molecule has 2 aromatic heterocycles. The first-order chi connectivity index (χ1) is 8.52. The summed E-state index contributed by atoms with van der Waals surface area (Å²) in [6.07, 6.45) is 0. The van der Waals surface area contributed by atoms with Crippen LogP contribution in [0.15, 0.2) is 0 Å². The van der Waals surface area contributed by atoms with Gasteiger partial charge in [0.1, 0.15) is 10.9 Å². The Balaban J connectivity index is 2.14. The van der Waals surface area contributed by atoms with Gasteiger partial charge in [0.2, 0.25) is 0 Å². The van der Waals surface area contributed by atoms with Gasteiger partial charge in [-0.3, -0.25) is 4.68 Å². The lowest BCUT2D eigenvalue weighted by atomic mass is 10.2. The van der Waals surface area contributed by atoms with Gasteiger partial charge in [0.05, 0.1) is 5.69 Å². The highest BCUT2D eigenvalue weighted by Crippen LogP contribution is 2.26. The number of rotatable bonds is 3. The summed E-state index contributed by atoms with van der Waals surface area (Å²) in [7, 11) is 1.92. The van der Waals surface area contributed by atoms with Crippen LogP contribution in [0.4, 0.5) is 5.13 Å². The number of nitriles is 1. The molecule has 2 aromatic rings. The minimum Gasteiger partial charge on any atom is -0.357 e. The summed E-state index contributed by atoms with van der Waals surface area (Å²) in [4.78, 5) is 4.52. The molecule has 0 saturated carbocycles. The maximum absolute atomic E-state index is 8.80. The first-order valence-corrected chi connectivity index (χ1v) is 6.51. The van der Waals surface area contributed by atoms with Crippen LogP contribution in [-0.2, 0) is 13.6 Å². The summed E-state index contributed by atoms with van der Waals surface area (Å²) in [5.74, 6) is 0. The van der Waals surface area contributed by atoms with Gasteiger partial charge in [0.15, 0.2) is 10.3 Å². The molecule has 0 bridgehead atoms. The SMILES string of the molecule is Cc1nn(C)c(C)c1CNc1nc(Cl)c(C#N)s1. The second-order valence-electron chi connectivity index (χ2n) is 3.88. The molecule has 18 heavy (non-hydrogen) atoms. The molecule has 0 unspecified atom stereocenters. The summed E-state index contributed by atoms with van der Waals surface area (Å²) in [5, 5.41) is 17.2. The Kier molecular flexibility index (Phi) is 3.55. The molecule has 94 valence electrons. The van der Waals surface area contributed by atoms with Gasteiger partial charge in [-0.1, -0.05) is 22.9 Å². The molecule has 0 aliphatic rings. The lowest BCUT2D eigenvalue weighted by Crippen LogP contribution is -2.01. The van der Waals surface area contributed by atoms with Crippen molar-refractivity contribution in [2.45, 2.75) is 20.4 Å². The van der Waals surface area contributed by atoms with E-state index in [9.17, 15) is 0 Å². The molecule has 0 radical (unpaired) electrons. The molecule has 1 N–H and O–H groups in total. The van der Waals surface area contributed by atoms with Crippen molar-refractivity contribution in [3.05, 3.63) is 27.0 Å². The van der Waals surface area contributed by atoms with Crippen LogP contribution in [-0.4, -0.2) is 14.8 Å². The van der Waals surface area contributed by atoms with Crippen molar-refractivity contribution in [1.82, 2.24) is 14.8 Å². The monoisotopic (exact) mass is 281 g/mol. The number of nitrogens with one attached hydrogen (secondary N) is 1. The number of hydrogen-bond acceptors (Lipinski definition) is 5. The molecule has 0 atom stereocenters. The third-order valence-electron chi connectivity index (χ3n) is 2.76. The molecule has 0 saturated heterocycles. The maximum atomic E-state index is 8.80. The van der Waals surface area contributed by atoms with Gasteiger partial charge in [0, 0.05) is 24.8 Å². The fraction of sp³-hybridized carbons (Fsp3) is 0.364. The number of hydrogen-bond donors (Lipinski definition) is 1. The van der Waals surface area contributed by atoms with Gasteiger partial charge in [-0.15, -0.1) is 0 Å². The van der Waals surface area contributed by atoms with Gasteiger partial charge >= 0.3 is 0 Å². The van der Waals surface area contributed by atoms with E-state index in [2.05, 4.69) is 15.4 Å². The Labute approximate surface area is 114 Å². The predicted octanol–water partition coefficient (Wildman–Crippen LogP) is 2.63. The second-order valence-corrected chi connectivity index (χ2v) is 5.23. The van der Waals surface area contributed by atoms with Gasteiger partial charge in [-0.2, -0.15) is 10.4 Å². The van der Waals surface area contributed by atoms with E-state index >= 15 is 0 Å². The van der Waals surface area contributed by atoms with Crippen LogP contribution in [0.3, 0.4) is 0 Å². The molecule has 0 aromatic carbocycles. The van der Waals surface area contributed by atoms with E-state index in [0.29, 0.717) is 16.6 Å². The van der Waals surface area contributed by atoms with Crippen molar-refractivity contribution in [2.24, 2.45) is 7.05 Å². The molecule has 0 spiro atoms. The molecule has 7 heteroatoms. The normalized spacial score (nSPS) is 10.4. The first-order valence-electron chi connectivity index (χ1n) is 5.32. The van der Waals surface area contributed by atoms with E-state index in [0.717, 1.165) is 17.0 Å². The van der Waals surface area contributed by atoms with E-state index in [1.807, 2.05) is 31.6 Å². The number of thiazole rings is 1. The second kappa shape index (κ2) is 4.96. The average Bonchev–Trinajstić information content (AvgIpc) is 2.79. The van der Waals surface area contributed by atoms with Gasteiger partial charge < -0.3 is 5.32 Å². The lowest BCUT2D eigenvalue weighted by molar-refractivity contribution is 0.730. The molecule has 2 heterocycles. The average molecular weight is 282 g/mol. The maximum Gasteiger partial charge on any atom is 0.185 e. The standard InChI is InChI=1S/C11H12ClN5S/c1-6-8(7(2)17(3)16-6)5-14-11-15-10(12)9(4-13)18-11/h5H2,1-3H3,(H,14,15). The minimum absolute atomic E-state index is 0.254. The minimum atomic E-state index is 0.254. The third-order valence-corrected chi connectivity index (χ3v) is 4.07. The molecule has 0 aliphatic heterocycles. The molecular weight excluding hydrogens is 270 g/mol. The summed E-state index contributed by atoms with van der Waals surface area (Å²) in [6, 6.07) is 2.01. The van der Waals surface area contributed by atoms with Crippen LogP contribution < -0.4 is 5.32 Å². The first kappa shape index (κ1) is 12.9. The lowest BCUT2D eigenvalue weighted by Gasteiger charge is -2.03. The topological polar surface area (TPSA) is 66.5 Å². The van der Waals surface area contributed by atoms with Gasteiger partial charge in [-0.05, 0) is 13.8 Å². The highest BCUT2D eigenvalue weighted by molar-refractivity contribution is 7.16. The Morgan fingerprint density at radius 1 is 1.50 bits per heavy atom. The smallest absolute Gasteiger partial charge is 0.185 e. The van der Waals surface area contributed by atoms with Crippen LogP contribution in [0.25, 0.3) is 0 Å². The molecule has 5 nitrogen and oxygen atoms in total. The predicted molar refractivity (Wildman–Crippen MR) is 71.8 cm³/mol. The van der Waals surface area contributed by atoms with E-state index in [1.165, 1.54) is 11.3 Å². The zero-order valence-corrected chi connectivity index (χ0v) is 11.9. The van der Waals surface area contributed by atoms with Crippen LogP contribution in [0.2, 0.25) is 5.15 Å². The van der Waals surface area contributed by atoms with Crippen molar-refractivity contribution < 1.29 is 0 Å². The Morgan fingerprint density at radius 3 is 2.72 bits per heavy atom. The molecule has 0 aliphatic carbocycles. The highest BCUT2D eigenvalue weighted by Gasteiger charge is 2.11. The Bertz CT molecular complexity index is 622. The van der Waals surface area contributed by atoms with Gasteiger partial charge in [-0.25, -0.2) is 4.98 Å². The summed E-state index contributed by atoms with van der Waals surface area (Å²) < 4.78 is 1.85. The van der Waals surface area contributed by atoms with E-state index in [4.69, 9.17) is 16.9 Å². The molecular formula is C11H12ClN5S. The van der Waals surface area contributed by atoms with Crippen molar-refractivity contribution in [3.63, 3.8) is 0 Å². The van der Waals surface area contributed by atoms with Crippen molar-refractivity contribution in [1.29, 1.82) is 5.26 Å². The van der Waals surface area contributed by atoms with Crippen molar-refractivity contribution in [2.75, 3.05) is 5.32 Å². The number of aromatic nitrogens is 3. The van der Waals surface area contributed by atoms with Crippen LogP contribution in [0.1, 0.15) is 21.8 Å². The fourth-order valence-corrected chi connectivity index (χ4v) is 2.63. The summed E-state index contributed by atoms with van der Waals surface area (Å²) in [5.41, 5.74) is 3.25. The molecule has 0 fully saturated rings. The van der Waals surface area contributed by atoms with Gasteiger partial charge in [0.25, 0.3) is 0 Å². The van der Waals surface area contributed by atoms with Crippen LogP contribution in [0, 0.1) is 25.2 Å². The number of halogens is 1. The highest BCUT2D eigenvalue weighted by atomic mass is 35.5. The van der Waals surface area contributed by atoms with E-state index in [1.54, 1.807) is 0 Å². The molecule has 2 rings (SSSR count). The van der Waals surface area contributed by atoms with E-state index < -0.39 is 0 Å². The number of anilines is 1. The Hall–Kier alpha value is -1.58. The molecule has 0 amide bonds. The summed E-state index contributed by atoms with van der Waals surface area (Å²) >= 11 is 7.07. The quantitative estimate of drug-likeness (QED) is 0.939. The number of aryl methyl sites for hydroxylation is 2. The zero-order valence-electron chi connectivity index (χ0n) is 10.3. The largest absolute Gasteiger partial charge is 0.357 e. The van der Waals surface area contributed by atoms with Crippen molar-refractivity contribution in [3.8, 4) is 6.07 Å². The van der Waals surface area contributed by atoms with Crippen LogP contribution >= 0.6 is 22.9 Å². The summed E-state index contributed by atoms with van der Waals surface area (Å²) in [6.45, 7) is 4.62. The number of nitrogens with zero attached hydrogens (tertiary/aromatic N) is 4. The van der Waals surface area contributed by atoms with Crippen LogP contribution in [0.5, 0.6) is 0 Å². The zero-order chi connectivity index (χ0) is 13.3. The van der Waals surface area contributed by atoms with Crippen molar-refractivity contribution >= 4 is 28.1 Å². The third kappa shape index (κ3) is 2.33. The Morgan fingerprint density at radius 2 is 2.22 bits per heavy atom. The van der Waals surface area contributed by atoms with E-state index in [-0.39, 0.29) is 5.15 Å². The fourth-order valence-electron chi connectivity index (χ4n) is 1.68.